The zero-order valence-electron chi connectivity index (χ0n) is 9.99. The largest absolute Gasteiger partial charge is 0.439 e. The number of rotatable bonds is 2. The Hall–Kier alpha value is -1.42. The van der Waals surface area contributed by atoms with Gasteiger partial charge in [0.25, 0.3) is 0 Å². The van der Waals surface area contributed by atoms with Crippen molar-refractivity contribution >= 4 is 15.9 Å². The van der Waals surface area contributed by atoms with Gasteiger partial charge in [0.05, 0.1) is 0 Å². The van der Waals surface area contributed by atoms with E-state index in [1.807, 2.05) is 26.0 Å². The minimum atomic E-state index is 0.554. The highest BCUT2D eigenvalue weighted by Crippen LogP contribution is 2.26. The Labute approximate surface area is 109 Å². The minimum Gasteiger partial charge on any atom is -0.439 e. The maximum Gasteiger partial charge on any atom is 0.223 e. The van der Waals surface area contributed by atoms with E-state index in [2.05, 4.69) is 38.9 Å². The van der Waals surface area contributed by atoms with Crippen LogP contribution in [0.15, 0.2) is 28.9 Å². The van der Waals surface area contributed by atoms with Gasteiger partial charge in [0.2, 0.25) is 5.88 Å². The predicted octanol–water partition coefficient (Wildman–Crippen LogP) is 3.96. The van der Waals surface area contributed by atoms with Crippen LogP contribution in [-0.2, 0) is 0 Å². The van der Waals surface area contributed by atoms with Gasteiger partial charge in [0, 0.05) is 6.07 Å². The topological polar surface area (TPSA) is 35.0 Å². The Morgan fingerprint density at radius 2 is 1.88 bits per heavy atom. The van der Waals surface area contributed by atoms with Crippen molar-refractivity contribution in [3.05, 3.63) is 45.8 Å². The summed E-state index contributed by atoms with van der Waals surface area (Å²) in [5.41, 5.74) is 2.33. The number of hydrogen-bond donors (Lipinski definition) is 0. The van der Waals surface area contributed by atoms with Gasteiger partial charge in [-0.15, -0.1) is 0 Å². The molecule has 3 nitrogen and oxygen atoms in total. The molecule has 2 aromatic rings. The number of halogens is 1. The second-order valence-electron chi connectivity index (χ2n) is 3.88. The molecule has 0 aliphatic carbocycles. The van der Waals surface area contributed by atoms with E-state index in [9.17, 15) is 0 Å². The van der Waals surface area contributed by atoms with Gasteiger partial charge in [-0.2, -0.15) is 4.98 Å². The first-order valence-corrected chi connectivity index (χ1v) is 6.11. The molecule has 0 fully saturated rings. The number of benzene rings is 1. The van der Waals surface area contributed by atoms with Gasteiger partial charge in [0.15, 0.2) is 0 Å². The summed E-state index contributed by atoms with van der Waals surface area (Å²) in [5.74, 6) is 2.06. The summed E-state index contributed by atoms with van der Waals surface area (Å²) in [6.07, 6.45) is 0. The van der Waals surface area contributed by atoms with Crippen LogP contribution in [0.1, 0.15) is 17.0 Å². The monoisotopic (exact) mass is 292 g/mol. The van der Waals surface area contributed by atoms with Gasteiger partial charge in [-0.3, -0.25) is 0 Å². The van der Waals surface area contributed by atoms with E-state index in [1.165, 1.54) is 5.56 Å². The summed E-state index contributed by atoms with van der Waals surface area (Å²) in [4.78, 5) is 8.38. The number of aromatic nitrogens is 2. The standard InChI is InChI=1S/C13H13BrN2O/c1-8-5-4-6-11(9(8)2)17-13-7-12(14)15-10(3)16-13/h4-7H,1-3H3. The smallest absolute Gasteiger partial charge is 0.223 e. The lowest BCUT2D eigenvalue weighted by molar-refractivity contribution is 0.455. The van der Waals surface area contributed by atoms with Crippen LogP contribution in [0, 0.1) is 20.8 Å². The Balaban J connectivity index is 2.34. The molecular formula is C13H13BrN2O. The van der Waals surface area contributed by atoms with Gasteiger partial charge >= 0.3 is 0 Å². The molecule has 0 unspecified atom stereocenters. The second-order valence-corrected chi connectivity index (χ2v) is 4.69. The molecule has 0 N–H and O–H groups in total. The van der Waals surface area contributed by atoms with E-state index in [0.717, 1.165) is 15.9 Å². The van der Waals surface area contributed by atoms with Crippen molar-refractivity contribution in [2.75, 3.05) is 0 Å². The SMILES string of the molecule is Cc1nc(Br)cc(Oc2cccc(C)c2C)n1. The third kappa shape index (κ3) is 2.82. The fraction of sp³-hybridized carbons (Fsp3) is 0.231. The highest BCUT2D eigenvalue weighted by molar-refractivity contribution is 9.10. The molecule has 2 rings (SSSR count). The molecule has 0 saturated carbocycles. The minimum absolute atomic E-state index is 0.554. The Morgan fingerprint density at radius 1 is 1.12 bits per heavy atom. The fourth-order valence-corrected chi connectivity index (χ4v) is 1.96. The van der Waals surface area contributed by atoms with Crippen molar-refractivity contribution in [1.82, 2.24) is 9.97 Å². The van der Waals surface area contributed by atoms with Gasteiger partial charge in [-0.1, -0.05) is 12.1 Å². The van der Waals surface area contributed by atoms with Crippen LogP contribution in [0.3, 0.4) is 0 Å². The Bertz CT molecular complexity index is 535. The van der Waals surface area contributed by atoms with Gasteiger partial charge in [-0.25, -0.2) is 4.98 Å². The molecule has 0 saturated heterocycles. The van der Waals surface area contributed by atoms with Crippen molar-refractivity contribution in [3.8, 4) is 11.6 Å². The summed E-state index contributed by atoms with van der Waals surface area (Å²) in [5, 5.41) is 0. The van der Waals surface area contributed by atoms with Crippen LogP contribution >= 0.6 is 15.9 Å². The highest BCUT2D eigenvalue weighted by Gasteiger charge is 2.06. The van der Waals surface area contributed by atoms with Crippen molar-refractivity contribution in [1.29, 1.82) is 0 Å². The number of hydrogen-bond acceptors (Lipinski definition) is 3. The van der Waals surface area contributed by atoms with Crippen LogP contribution in [0.2, 0.25) is 0 Å². The van der Waals surface area contributed by atoms with Crippen molar-refractivity contribution in [3.63, 3.8) is 0 Å². The van der Waals surface area contributed by atoms with Crippen molar-refractivity contribution in [2.45, 2.75) is 20.8 Å². The van der Waals surface area contributed by atoms with Crippen molar-refractivity contribution < 1.29 is 4.74 Å². The molecule has 4 heteroatoms. The molecule has 88 valence electrons. The maximum absolute atomic E-state index is 5.77. The first kappa shape index (κ1) is 12.0. The Morgan fingerprint density at radius 3 is 2.59 bits per heavy atom. The molecular weight excluding hydrogens is 280 g/mol. The van der Waals surface area contributed by atoms with Crippen LogP contribution < -0.4 is 4.74 Å². The fourth-order valence-electron chi connectivity index (χ4n) is 1.51. The average Bonchev–Trinajstić information content (AvgIpc) is 2.23. The van der Waals surface area contributed by atoms with Crippen LogP contribution in [0.25, 0.3) is 0 Å². The first-order chi connectivity index (χ1) is 8.06. The molecule has 0 amide bonds. The highest BCUT2D eigenvalue weighted by atomic mass is 79.9. The molecule has 1 heterocycles. The Kier molecular flexibility index (Phi) is 3.43. The third-order valence-corrected chi connectivity index (χ3v) is 2.96. The molecule has 0 atom stereocenters. The summed E-state index contributed by atoms with van der Waals surface area (Å²) >= 11 is 3.33. The summed E-state index contributed by atoms with van der Waals surface area (Å²) in [7, 11) is 0. The zero-order valence-corrected chi connectivity index (χ0v) is 11.6. The molecule has 0 aliphatic rings. The first-order valence-electron chi connectivity index (χ1n) is 5.31. The summed E-state index contributed by atoms with van der Waals surface area (Å²) in [6.45, 7) is 5.93. The summed E-state index contributed by atoms with van der Waals surface area (Å²) in [6, 6.07) is 7.73. The van der Waals surface area contributed by atoms with Crippen LogP contribution in [0.5, 0.6) is 11.6 Å². The molecule has 1 aromatic carbocycles. The van der Waals surface area contributed by atoms with E-state index in [1.54, 1.807) is 6.07 Å². The third-order valence-electron chi connectivity index (χ3n) is 2.55. The van der Waals surface area contributed by atoms with Gasteiger partial charge < -0.3 is 4.74 Å². The average molecular weight is 293 g/mol. The molecule has 0 spiro atoms. The lowest BCUT2D eigenvalue weighted by atomic mass is 10.1. The van der Waals surface area contributed by atoms with E-state index in [0.29, 0.717) is 11.7 Å². The van der Waals surface area contributed by atoms with Gasteiger partial charge in [0.1, 0.15) is 16.2 Å². The van der Waals surface area contributed by atoms with E-state index in [4.69, 9.17) is 4.74 Å². The van der Waals surface area contributed by atoms with E-state index < -0.39 is 0 Å². The zero-order chi connectivity index (χ0) is 12.4. The molecule has 1 aromatic heterocycles. The molecule has 0 radical (unpaired) electrons. The second kappa shape index (κ2) is 4.84. The van der Waals surface area contributed by atoms with E-state index >= 15 is 0 Å². The van der Waals surface area contributed by atoms with Crippen LogP contribution in [0.4, 0.5) is 0 Å². The lowest BCUT2D eigenvalue weighted by Crippen LogP contribution is -1.95. The van der Waals surface area contributed by atoms with Gasteiger partial charge in [-0.05, 0) is 53.9 Å². The number of nitrogens with zero attached hydrogens (tertiary/aromatic N) is 2. The normalized spacial score (nSPS) is 10.4. The van der Waals surface area contributed by atoms with Crippen molar-refractivity contribution in [2.24, 2.45) is 0 Å². The van der Waals surface area contributed by atoms with E-state index in [-0.39, 0.29) is 0 Å². The molecule has 0 bridgehead atoms. The quantitative estimate of drug-likeness (QED) is 0.786. The maximum atomic E-state index is 5.77. The predicted molar refractivity (Wildman–Crippen MR) is 70.5 cm³/mol. The number of aryl methyl sites for hydroxylation is 2. The van der Waals surface area contributed by atoms with Crippen LogP contribution in [-0.4, -0.2) is 9.97 Å². The molecule has 17 heavy (non-hydrogen) atoms. The lowest BCUT2D eigenvalue weighted by Gasteiger charge is -2.10. The number of ether oxygens (including phenoxy) is 1. The summed E-state index contributed by atoms with van der Waals surface area (Å²) < 4.78 is 6.50. The molecule has 0 aliphatic heterocycles.